The number of benzene rings is 1. The highest BCUT2D eigenvalue weighted by Gasteiger charge is 2.33. The molecule has 1 aliphatic rings. The summed E-state index contributed by atoms with van der Waals surface area (Å²) < 4.78 is 14.1. The van der Waals surface area contributed by atoms with E-state index in [-0.39, 0.29) is 16.7 Å². The molecule has 1 aliphatic heterocycles. The van der Waals surface area contributed by atoms with Gasteiger partial charge in [-0.1, -0.05) is 20.8 Å². The first-order valence-electron chi connectivity index (χ1n) is 6.77. The van der Waals surface area contributed by atoms with E-state index < -0.39 is 11.8 Å². The van der Waals surface area contributed by atoms with Gasteiger partial charge in [-0.25, -0.2) is 9.18 Å². The minimum Gasteiger partial charge on any atom is -0.478 e. The zero-order valence-electron chi connectivity index (χ0n) is 12.1. The molecule has 0 radical (unpaired) electrons. The van der Waals surface area contributed by atoms with Crippen LogP contribution in [0.1, 0.15) is 37.6 Å². The van der Waals surface area contributed by atoms with E-state index in [0.717, 1.165) is 25.6 Å². The predicted molar refractivity (Wildman–Crippen MR) is 77.5 cm³/mol. The van der Waals surface area contributed by atoms with Crippen molar-refractivity contribution in [3.05, 3.63) is 23.5 Å². The Morgan fingerprint density at radius 1 is 1.45 bits per heavy atom. The Kier molecular flexibility index (Phi) is 3.63. The van der Waals surface area contributed by atoms with E-state index in [1.54, 1.807) is 0 Å². The van der Waals surface area contributed by atoms with Crippen molar-refractivity contribution in [1.82, 2.24) is 0 Å². The summed E-state index contributed by atoms with van der Waals surface area (Å²) in [7, 11) is 0. The van der Waals surface area contributed by atoms with Gasteiger partial charge in [0, 0.05) is 18.8 Å². The van der Waals surface area contributed by atoms with E-state index in [1.165, 1.54) is 6.07 Å². The van der Waals surface area contributed by atoms with Crippen molar-refractivity contribution in [3.8, 4) is 0 Å². The molecule has 0 saturated carbocycles. The van der Waals surface area contributed by atoms with E-state index in [4.69, 9.17) is 10.8 Å². The van der Waals surface area contributed by atoms with Gasteiger partial charge in [0.15, 0.2) is 0 Å². The minimum absolute atomic E-state index is 0.0367. The molecular weight excluding hydrogens is 259 g/mol. The van der Waals surface area contributed by atoms with Crippen molar-refractivity contribution in [2.24, 2.45) is 11.3 Å². The second kappa shape index (κ2) is 4.96. The Morgan fingerprint density at radius 2 is 2.10 bits per heavy atom. The SMILES string of the molecule is CC(C)(C)C1CCN(c2cc(C(=O)O)c(N)cc2F)C1. The fraction of sp³-hybridized carbons (Fsp3) is 0.533. The predicted octanol–water partition coefficient (Wildman–Crippen LogP) is 2.98. The number of carboxylic acid groups (broad SMARTS) is 1. The molecule has 0 aliphatic carbocycles. The van der Waals surface area contributed by atoms with Gasteiger partial charge in [-0.2, -0.15) is 0 Å². The molecule has 0 spiro atoms. The molecule has 20 heavy (non-hydrogen) atoms. The Hall–Kier alpha value is -1.78. The third-order valence-electron chi connectivity index (χ3n) is 4.10. The molecule has 0 aromatic heterocycles. The molecule has 0 bridgehead atoms. The topological polar surface area (TPSA) is 66.6 Å². The first-order chi connectivity index (χ1) is 9.20. The quantitative estimate of drug-likeness (QED) is 0.817. The lowest BCUT2D eigenvalue weighted by atomic mass is 9.80. The summed E-state index contributed by atoms with van der Waals surface area (Å²) in [5.74, 6) is -1.12. The summed E-state index contributed by atoms with van der Waals surface area (Å²) in [6.45, 7) is 7.99. The molecule has 2 rings (SSSR count). The van der Waals surface area contributed by atoms with Gasteiger partial charge < -0.3 is 15.7 Å². The van der Waals surface area contributed by atoms with Gasteiger partial charge in [0.2, 0.25) is 0 Å². The maximum absolute atomic E-state index is 14.1. The summed E-state index contributed by atoms with van der Waals surface area (Å²) in [5.41, 5.74) is 5.97. The lowest BCUT2D eigenvalue weighted by molar-refractivity contribution is 0.0698. The summed E-state index contributed by atoms with van der Waals surface area (Å²) in [6.07, 6.45) is 0.982. The number of hydrogen-bond acceptors (Lipinski definition) is 3. The zero-order chi connectivity index (χ0) is 15.1. The van der Waals surface area contributed by atoms with Crippen LogP contribution in [0.3, 0.4) is 0 Å². The largest absolute Gasteiger partial charge is 0.478 e. The van der Waals surface area contributed by atoms with E-state index >= 15 is 0 Å². The standard InChI is InChI=1S/C15H21FN2O2/c1-15(2,3)9-4-5-18(8-9)13-6-10(14(19)20)12(17)7-11(13)16/h6-7,9H,4-5,8,17H2,1-3H3,(H,19,20). The monoisotopic (exact) mass is 280 g/mol. The number of rotatable bonds is 2. The van der Waals surface area contributed by atoms with Gasteiger partial charge in [0.05, 0.1) is 11.3 Å². The smallest absolute Gasteiger partial charge is 0.337 e. The molecule has 1 atom stereocenters. The first-order valence-corrected chi connectivity index (χ1v) is 6.77. The second-order valence-corrected chi connectivity index (χ2v) is 6.49. The van der Waals surface area contributed by atoms with E-state index in [1.807, 2.05) is 4.90 Å². The van der Waals surface area contributed by atoms with Gasteiger partial charge in [0.25, 0.3) is 0 Å². The highest BCUT2D eigenvalue weighted by molar-refractivity contribution is 5.95. The molecule has 1 saturated heterocycles. The number of nitrogens with zero attached hydrogens (tertiary/aromatic N) is 1. The Morgan fingerprint density at radius 3 is 2.60 bits per heavy atom. The van der Waals surface area contributed by atoms with Crippen LogP contribution in [0.5, 0.6) is 0 Å². The molecule has 1 aromatic carbocycles. The number of carbonyl (C=O) groups is 1. The average molecular weight is 280 g/mol. The number of nitrogen functional groups attached to an aromatic ring is 1. The number of aromatic carboxylic acids is 1. The lowest BCUT2D eigenvalue weighted by Crippen LogP contribution is -2.26. The van der Waals surface area contributed by atoms with Crippen molar-refractivity contribution in [1.29, 1.82) is 0 Å². The highest BCUT2D eigenvalue weighted by Crippen LogP contribution is 2.37. The molecule has 1 fully saturated rings. The Balaban J connectivity index is 2.30. The minimum atomic E-state index is -1.13. The molecule has 0 amide bonds. The summed E-state index contributed by atoms with van der Waals surface area (Å²) >= 11 is 0. The number of halogens is 1. The average Bonchev–Trinajstić information content (AvgIpc) is 2.77. The summed E-state index contributed by atoms with van der Waals surface area (Å²) in [5, 5.41) is 9.08. The van der Waals surface area contributed by atoms with E-state index in [2.05, 4.69) is 20.8 Å². The van der Waals surface area contributed by atoms with Crippen molar-refractivity contribution < 1.29 is 14.3 Å². The second-order valence-electron chi connectivity index (χ2n) is 6.49. The summed E-state index contributed by atoms with van der Waals surface area (Å²) in [4.78, 5) is 13.0. The fourth-order valence-corrected chi connectivity index (χ4v) is 2.69. The van der Waals surface area contributed by atoms with E-state index in [0.29, 0.717) is 11.6 Å². The van der Waals surface area contributed by atoms with Crippen LogP contribution in [0.25, 0.3) is 0 Å². The van der Waals surface area contributed by atoms with Crippen LogP contribution >= 0.6 is 0 Å². The van der Waals surface area contributed by atoms with Gasteiger partial charge in [-0.3, -0.25) is 0 Å². The van der Waals surface area contributed by atoms with Crippen LogP contribution in [0.2, 0.25) is 0 Å². The maximum Gasteiger partial charge on any atom is 0.337 e. The van der Waals surface area contributed by atoms with Gasteiger partial charge in [0.1, 0.15) is 5.82 Å². The van der Waals surface area contributed by atoms with Gasteiger partial charge in [-0.05, 0) is 29.9 Å². The first kappa shape index (κ1) is 14.6. The van der Waals surface area contributed by atoms with Crippen LogP contribution < -0.4 is 10.6 Å². The van der Waals surface area contributed by atoms with Crippen LogP contribution in [0.15, 0.2) is 12.1 Å². The van der Waals surface area contributed by atoms with Crippen molar-refractivity contribution in [3.63, 3.8) is 0 Å². The van der Waals surface area contributed by atoms with Gasteiger partial charge in [-0.15, -0.1) is 0 Å². The number of hydrogen-bond donors (Lipinski definition) is 2. The third-order valence-corrected chi connectivity index (χ3v) is 4.10. The molecule has 1 heterocycles. The van der Waals surface area contributed by atoms with E-state index in [9.17, 15) is 9.18 Å². The molecule has 1 unspecified atom stereocenters. The number of anilines is 2. The molecule has 4 nitrogen and oxygen atoms in total. The zero-order valence-corrected chi connectivity index (χ0v) is 12.1. The number of nitrogens with two attached hydrogens (primary N) is 1. The molecular formula is C15H21FN2O2. The Bertz CT molecular complexity index is 537. The number of carboxylic acids is 1. The van der Waals surface area contributed by atoms with Crippen molar-refractivity contribution >= 4 is 17.3 Å². The van der Waals surface area contributed by atoms with Crippen LogP contribution in [-0.2, 0) is 0 Å². The fourth-order valence-electron chi connectivity index (χ4n) is 2.69. The third kappa shape index (κ3) is 2.71. The molecule has 110 valence electrons. The lowest BCUT2D eigenvalue weighted by Gasteiger charge is -2.27. The van der Waals surface area contributed by atoms with Crippen molar-refractivity contribution in [2.45, 2.75) is 27.2 Å². The van der Waals surface area contributed by atoms with Crippen LogP contribution in [0, 0.1) is 17.2 Å². The normalized spacial score (nSPS) is 19.4. The molecule has 1 aromatic rings. The molecule has 3 N–H and O–H groups in total. The van der Waals surface area contributed by atoms with Crippen LogP contribution in [0.4, 0.5) is 15.8 Å². The highest BCUT2D eigenvalue weighted by atomic mass is 19.1. The van der Waals surface area contributed by atoms with Crippen LogP contribution in [-0.4, -0.2) is 24.2 Å². The van der Waals surface area contributed by atoms with Gasteiger partial charge >= 0.3 is 5.97 Å². The van der Waals surface area contributed by atoms with Crippen molar-refractivity contribution in [2.75, 3.05) is 23.7 Å². The molecule has 5 heteroatoms. The maximum atomic E-state index is 14.1. The Labute approximate surface area is 118 Å². The summed E-state index contributed by atoms with van der Waals surface area (Å²) in [6, 6.07) is 2.45.